The van der Waals surface area contributed by atoms with E-state index in [4.69, 9.17) is 4.74 Å². The molecular weight excluding hydrogens is 238 g/mol. The van der Waals surface area contributed by atoms with Crippen molar-refractivity contribution in [3.8, 4) is 17.0 Å². The van der Waals surface area contributed by atoms with Crippen LogP contribution in [0.4, 0.5) is 0 Å². The Labute approximate surface area is 114 Å². The number of benzene rings is 1. The molecule has 2 aromatic rings. The average Bonchev–Trinajstić information content (AvgIpc) is 2.77. The number of aromatic nitrogens is 2. The van der Waals surface area contributed by atoms with Crippen LogP contribution in [0.5, 0.6) is 5.75 Å². The molecule has 0 radical (unpaired) electrons. The van der Waals surface area contributed by atoms with Gasteiger partial charge < -0.3 is 15.0 Å². The Morgan fingerprint density at radius 3 is 2.74 bits per heavy atom. The van der Waals surface area contributed by atoms with Crippen LogP contribution in [0.15, 0.2) is 18.2 Å². The van der Waals surface area contributed by atoms with Crippen LogP contribution >= 0.6 is 0 Å². The number of imidazole rings is 1. The number of nitrogens with zero attached hydrogens (tertiary/aromatic N) is 1. The van der Waals surface area contributed by atoms with Gasteiger partial charge in [0.15, 0.2) is 0 Å². The quantitative estimate of drug-likeness (QED) is 0.867. The van der Waals surface area contributed by atoms with Crippen molar-refractivity contribution in [2.24, 2.45) is 0 Å². The third-order valence-electron chi connectivity index (χ3n) is 3.21. The fourth-order valence-corrected chi connectivity index (χ4v) is 2.19. The molecule has 0 saturated heterocycles. The normalized spacial score (nSPS) is 10.7. The number of H-pyrrole nitrogens is 1. The highest BCUT2D eigenvalue weighted by atomic mass is 16.5. The minimum Gasteiger partial charge on any atom is -0.496 e. The van der Waals surface area contributed by atoms with E-state index in [2.05, 4.69) is 34.3 Å². The molecule has 1 heterocycles. The number of nitrogens with one attached hydrogen (secondary N) is 2. The van der Waals surface area contributed by atoms with Crippen molar-refractivity contribution in [2.75, 3.05) is 20.7 Å². The van der Waals surface area contributed by atoms with Crippen molar-refractivity contribution in [3.05, 3.63) is 35.3 Å². The molecule has 0 aliphatic rings. The first-order chi connectivity index (χ1) is 9.15. The van der Waals surface area contributed by atoms with Crippen molar-refractivity contribution in [2.45, 2.75) is 20.3 Å². The molecule has 0 aliphatic carbocycles. The Bertz CT molecular complexity index is 561. The van der Waals surface area contributed by atoms with E-state index in [-0.39, 0.29) is 0 Å². The van der Waals surface area contributed by atoms with Gasteiger partial charge >= 0.3 is 0 Å². The Morgan fingerprint density at radius 2 is 2.11 bits per heavy atom. The highest BCUT2D eigenvalue weighted by Crippen LogP contribution is 2.26. The highest BCUT2D eigenvalue weighted by Gasteiger charge is 2.10. The van der Waals surface area contributed by atoms with Crippen LogP contribution in [0, 0.1) is 13.8 Å². The van der Waals surface area contributed by atoms with E-state index in [9.17, 15) is 0 Å². The van der Waals surface area contributed by atoms with Gasteiger partial charge in [0.25, 0.3) is 0 Å². The van der Waals surface area contributed by atoms with Gasteiger partial charge in [-0.15, -0.1) is 0 Å². The lowest BCUT2D eigenvalue weighted by atomic mass is 10.1. The van der Waals surface area contributed by atoms with Crippen LogP contribution in [0.1, 0.15) is 17.1 Å². The van der Waals surface area contributed by atoms with Crippen LogP contribution in [0.25, 0.3) is 11.3 Å². The maximum atomic E-state index is 5.29. The number of aromatic amines is 1. The molecule has 0 spiro atoms. The van der Waals surface area contributed by atoms with Crippen LogP contribution in [0.3, 0.4) is 0 Å². The molecule has 0 bridgehead atoms. The van der Waals surface area contributed by atoms with Crippen molar-refractivity contribution < 1.29 is 4.74 Å². The zero-order valence-corrected chi connectivity index (χ0v) is 12.0. The summed E-state index contributed by atoms with van der Waals surface area (Å²) >= 11 is 0. The number of rotatable bonds is 5. The maximum absolute atomic E-state index is 5.29. The van der Waals surface area contributed by atoms with Crippen LogP contribution in [-0.4, -0.2) is 30.7 Å². The van der Waals surface area contributed by atoms with E-state index in [0.717, 1.165) is 47.1 Å². The van der Waals surface area contributed by atoms with E-state index >= 15 is 0 Å². The molecule has 102 valence electrons. The molecule has 0 amide bonds. The highest BCUT2D eigenvalue weighted by molar-refractivity contribution is 5.64. The van der Waals surface area contributed by atoms with E-state index in [1.165, 1.54) is 0 Å². The Morgan fingerprint density at radius 1 is 1.32 bits per heavy atom. The fraction of sp³-hybridized carbons (Fsp3) is 0.400. The van der Waals surface area contributed by atoms with Gasteiger partial charge in [0.2, 0.25) is 0 Å². The van der Waals surface area contributed by atoms with Gasteiger partial charge in [-0.25, -0.2) is 4.98 Å². The first kappa shape index (κ1) is 13.6. The van der Waals surface area contributed by atoms with Gasteiger partial charge in [0.1, 0.15) is 11.6 Å². The third-order valence-corrected chi connectivity index (χ3v) is 3.21. The number of hydrogen-bond acceptors (Lipinski definition) is 3. The smallest absolute Gasteiger partial charge is 0.121 e. The molecule has 4 nitrogen and oxygen atoms in total. The maximum Gasteiger partial charge on any atom is 0.121 e. The predicted octanol–water partition coefficient (Wildman–Crippen LogP) is 2.46. The Kier molecular flexibility index (Phi) is 4.22. The SMILES string of the molecule is CNCCc1nc(-c2ccc(OC)c(C)c2)c(C)[nH]1. The third kappa shape index (κ3) is 2.96. The molecule has 0 aliphatic heterocycles. The minimum atomic E-state index is 0.909. The van der Waals surface area contributed by atoms with Crippen molar-refractivity contribution >= 4 is 0 Å². The zero-order chi connectivity index (χ0) is 13.8. The lowest BCUT2D eigenvalue weighted by Crippen LogP contribution is -2.11. The summed E-state index contributed by atoms with van der Waals surface area (Å²) in [6.45, 7) is 5.03. The molecular formula is C15H21N3O. The lowest BCUT2D eigenvalue weighted by Gasteiger charge is -2.06. The first-order valence-corrected chi connectivity index (χ1v) is 6.50. The Balaban J connectivity index is 2.30. The number of aryl methyl sites for hydroxylation is 2. The molecule has 1 aromatic heterocycles. The fourth-order valence-electron chi connectivity index (χ4n) is 2.19. The van der Waals surface area contributed by atoms with Crippen molar-refractivity contribution in [3.63, 3.8) is 0 Å². The summed E-state index contributed by atoms with van der Waals surface area (Å²) in [6, 6.07) is 6.16. The van der Waals surface area contributed by atoms with Gasteiger partial charge in [-0.3, -0.25) is 0 Å². The first-order valence-electron chi connectivity index (χ1n) is 6.50. The summed E-state index contributed by atoms with van der Waals surface area (Å²) in [5.74, 6) is 1.93. The van der Waals surface area contributed by atoms with Crippen LogP contribution in [0.2, 0.25) is 0 Å². The van der Waals surface area contributed by atoms with Crippen LogP contribution in [-0.2, 0) is 6.42 Å². The zero-order valence-electron chi connectivity index (χ0n) is 12.0. The molecule has 1 aromatic carbocycles. The number of likely N-dealkylation sites (N-methyl/N-ethyl adjacent to an activating group) is 1. The number of hydrogen-bond donors (Lipinski definition) is 2. The molecule has 0 unspecified atom stereocenters. The molecule has 2 rings (SSSR count). The van der Waals surface area contributed by atoms with Gasteiger partial charge in [-0.1, -0.05) is 0 Å². The lowest BCUT2D eigenvalue weighted by molar-refractivity contribution is 0.412. The summed E-state index contributed by atoms with van der Waals surface area (Å²) < 4.78 is 5.29. The van der Waals surface area contributed by atoms with E-state index < -0.39 is 0 Å². The molecule has 0 saturated carbocycles. The average molecular weight is 259 g/mol. The van der Waals surface area contributed by atoms with E-state index in [0.29, 0.717) is 0 Å². The second-order valence-electron chi connectivity index (χ2n) is 4.70. The summed E-state index contributed by atoms with van der Waals surface area (Å²) in [5, 5.41) is 3.13. The summed E-state index contributed by atoms with van der Waals surface area (Å²) in [4.78, 5) is 8.02. The van der Waals surface area contributed by atoms with E-state index in [1.807, 2.05) is 20.0 Å². The predicted molar refractivity (Wildman–Crippen MR) is 77.7 cm³/mol. The van der Waals surface area contributed by atoms with Crippen molar-refractivity contribution in [1.82, 2.24) is 15.3 Å². The van der Waals surface area contributed by atoms with Crippen LogP contribution < -0.4 is 10.1 Å². The van der Waals surface area contributed by atoms with Gasteiger partial charge in [-0.05, 0) is 44.7 Å². The standard InChI is InChI=1S/C15H21N3O/c1-10-9-12(5-6-13(10)19-4)15-11(2)17-14(18-15)7-8-16-3/h5-6,9,16H,7-8H2,1-4H3,(H,17,18). The minimum absolute atomic E-state index is 0.909. The molecule has 2 N–H and O–H groups in total. The van der Waals surface area contributed by atoms with Gasteiger partial charge in [0, 0.05) is 24.2 Å². The summed E-state index contributed by atoms with van der Waals surface area (Å²) in [7, 11) is 3.64. The Hall–Kier alpha value is -1.81. The molecule has 0 fully saturated rings. The summed E-state index contributed by atoms with van der Waals surface area (Å²) in [6.07, 6.45) is 0.909. The van der Waals surface area contributed by atoms with Gasteiger partial charge in [-0.2, -0.15) is 0 Å². The molecule has 19 heavy (non-hydrogen) atoms. The van der Waals surface area contributed by atoms with Crippen molar-refractivity contribution in [1.29, 1.82) is 0 Å². The molecule has 4 heteroatoms. The van der Waals surface area contributed by atoms with Gasteiger partial charge in [0.05, 0.1) is 12.8 Å². The monoisotopic (exact) mass is 259 g/mol. The summed E-state index contributed by atoms with van der Waals surface area (Å²) in [5.41, 5.74) is 4.38. The second-order valence-corrected chi connectivity index (χ2v) is 4.70. The van der Waals surface area contributed by atoms with E-state index in [1.54, 1.807) is 7.11 Å². The molecule has 0 atom stereocenters. The second kappa shape index (κ2) is 5.89. The number of methoxy groups -OCH3 is 1. The topological polar surface area (TPSA) is 49.9 Å². The number of ether oxygens (including phenoxy) is 1. The largest absolute Gasteiger partial charge is 0.496 e.